The van der Waals surface area contributed by atoms with Gasteiger partial charge in [-0.1, -0.05) is 30.3 Å². The van der Waals surface area contributed by atoms with Gasteiger partial charge in [0, 0.05) is 24.6 Å². The zero-order chi connectivity index (χ0) is 17.3. The van der Waals surface area contributed by atoms with Crippen LogP contribution in [0.3, 0.4) is 0 Å². The molecule has 1 saturated heterocycles. The number of aromatic nitrogens is 7. The fourth-order valence-electron chi connectivity index (χ4n) is 3.54. The molecule has 1 aliphatic heterocycles. The molecule has 8 heteroatoms. The Balaban J connectivity index is 1.49. The van der Waals surface area contributed by atoms with Crippen molar-refractivity contribution in [1.29, 1.82) is 0 Å². The van der Waals surface area contributed by atoms with Crippen LogP contribution in [-0.2, 0) is 0 Å². The van der Waals surface area contributed by atoms with Gasteiger partial charge in [-0.25, -0.2) is 4.98 Å². The maximum absolute atomic E-state index is 4.82. The molecule has 26 heavy (non-hydrogen) atoms. The first kappa shape index (κ1) is 15.0. The summed E-state index contributed by atoms with van der Waals surface area (Å²) in [5, 5.41) is 20.4. The van der Waals surface area contributed by atoms with Gasteiger partial charge in [-0.3, -0.25) is 5.10 Å². The van der Waals surface area contributed by atoms with E-state index in [1.165, 1.54) is 0 Å². The van der Waals surface area contributed by atoms with Crippen molar-refractivity contribution in [1.82, 2.24) is 35.0 Å². The molecule has 5 rings (SSSR count). The molecule has 1 atom stereocenters. The molecule has 0 spiro atoms. The smallest absolute Gasteiger partial charge is 0.185 e. The molecule has 4 aromatic rings. The van der Waals surface area contributed by atoms with Gasteiger partial charge in [0.15, 0.2) is 11.5 Å². The van der Waals surface area contributed by atoms with E-state index in [4.69, 9.17) is 5.10 Å². The highest BCUT2D eigenvalue weighted by Crippen LogP contribution is 2.27. The van der Waals surface area contributed by atoms with E-state index in [2.05, 4.69) is 30.3 Å². The summed E-state index contributed by atoms with van der Waals surface area (Å²) in [7, 11) is 0. The molecule has 130 valence electrons. The zero-order valence-electron chi connectivity index (χ0n) is 14.2. The third kappa shape index (κ3) is 2.59. The largest absolute Gasteiger partial charge is 0.354 e. The Morgan fingerprint density at radius 3 is 2.81 bits per heavy atom. The predicted octanol–water partition coefficient (Wildman–Crippen LogP) is 2.29. The molecular formula is C18H18N8. The first-order chi connectivity index (χ1) is 12.9. The second-order valence-corrected chi connectivity index (χ2v) is 6.51. The molecule has 1 fully saturated rings. The number of hydrogen-bond donors (Lipinski definition) is 1. The van der Waals surface area contributed by atoms with Gasteiger partial charge in [0.25, 0.3) is 0 Å². The Bertz CT molecular complexity index is 1010. The number of nitrogens with one attached hydrogen (secondary N) is 1. The van der Waals surface area contributed by atoms with Crippen molar-refractivity contribution >= 4 is 11.5 Å². The average Bonchev–Trinajstić information content (AvgIpc) is 3.38. The summed E-state index contributed by atoms with van der Waals surface area (Å²) in [6, 6.07) is 14.0. The van der Waals surface area contributed by atoms with Crippen molar-refractivity contribution in [3.8, 4) is 11.4 Å². The molecule has 1 aromatic carbocycles. The molecular weight excluding hydrogens is 328 g/mol. The van der Waals surface area contributed by atoms with E-state index >= 15 is 0 Å². The van der Waals surface area contributed by atoms with Gasteiger partial charge in [0.2, 0.25) is 0 Å². The second kappa shape index (κ2) is 6.21. The summed E-state index contributed by atoms with van der Waals surface area (Å²) in [6.45, 7) is 1.85. The number of nitrogens with zero attached hydrogens (tertiary/aromatic N) is 7. The van der Waals surface area contributed by atoms with E-state index in [9.17, 15) is 0 Å². The first-order valence-electron chi connectivity index (χ1n) is 8.76. The Morgan fingerprint density at radius 2 is 1.96 bits per heavy atom. The zero-order valence-corrected chi connectivity index (χ0v) is 14.2. The highest BCUT2D eigenvalue weighted by Gasteiger charge is 2.24. The van der Waals surface area contributed by atoms with Gasteiger partial charge in [-0.05, 0) is 25.0 Å². The van der Waals surface area contributed by atoms with Crippen molar-refractivity contribution in [3.63, 3.8) is 0 Å². The summed E-state index contributed by atoms with van der Waals surface area (Å²) in [5.74, 6) is 2.98. The quantitative estimate of drug-likeness (QED) is 0.612. The summed E-state index contributed by atoms with van der Waals surface area (Å²) in [5.41, 5.74) is 1.75. The lowest BCUT2D eigenvalue weighted by atomic mass is 9.97. The second-order valence-electron chi connectivity index (χ2n) is 6.51. The van der Waals surface area contributed by atoms with Gasteiger partial charge in [0.1, 0.15) is 18.0 Å². The van der Waals surface area contributed by atoms with E-state index in [0.29, 0.717) is 5.92 Å². The summed E-state index contributed by atoms with van der Waals surface area (Å²) >= 11 is 0. The Labute approximate surface area is 149 Å². The average molecular weight is 346 g/mol. The molecule has 0 saturated carbocycles. The van der Waals surface area contributed by atoms with Gasteiger partial charge in [0.05, 0.1) is 0 Å². The highest BCUT2D eigenvalue weighted by molar-refractivity contribution is 5.59. The predicted molar refractivity (Wildman–Crippen MR) is 96.8 cm³/mol. The minimum Gasteiger partial charge on any atom is -0.354 e. The Kier molecular flexibility index (Phi) is 3.59. The SMILES string of the molecule is c1ccc(-c2nnc3ccc(N4CCC[C@H](c5ncn[nH]5)C4)nn23)cc1. The fourth-order valence-corrected chi connectivity index (χ4v) is 3.54. The topological polar surface area (TPSA) is 87.9 Å². The van der Waals surface area contributed by atoms with Crippen molar-refractivity contribution in [2.45, 2.75) is 18.8 Å². The molecule has 0 unspecified atom stereocenters. The molecule has 8 nitrogen and oxygen atoms in total. The molecule has 0 radical (unpaired) electrons. The Hall–Kier alpha value is -3.29. The van der Waals surface area contributed by atoms with Crippen molar-refractivity contribution in [2.75, 3.05) is 18.0 Å². The number of hydrogen-bond acceptors (Lipinski definition) is 6. The standard InChI is InChI=1S/C18H18N8/c1-2-5-13(6-3-1)18-23-21-15-8-9-16(24-26(15)18)25-10-4-7-14(11-25)17-19-12-20-22-17/h1-3,5-6,8-9,12,14H,4,7,10-11H2,(H,19,20,22)/t14-/m0/s1. The fraction of sp³-hybridized carbons (Fsp3) is 0.278. The lowest BCUT2D eigenvalue weighted by Gasteiger charge is -2.32. The minimum atomic E-state index is 0.346. The van der Waals surface area contributed by atoms with E-state index in [0.717, 1.165) is 54.6 Å². The van der Waals surface area contributed by atoms with Crippen LogP contribution in [0.4, 0.5) is 5.82 Å². The Morgan fingerprint density at radius 1 is 1.04 bits per heavy atom. The third-order valence-corrected chi connectivity index (χ3v) is 4.85. The number of anilines is 1. The van der Waals surface area contributed by atoms with Crippen molar-refractivity contribution in [3.05, 3.63) is 54.6 Å². The summed E-state index contributed by atoms with van der Waals surface area (Å²) in [6.07, 6.45) is 3.77. The van der Waals surface area contributed by atoms with Crippen LogP contribution in [0.5, 0.6) is 0 Å². The van der Waals surface area contributed by atoms with Crippen LogP contribution < -0.4 is 4.90 Å². The third-order valence-electron chi connectivity index (χ3n) is 4.85. The van der Waals surface area contributed by atoms with Gasteiger partial charge in [-0.2, -0.15) is 9.61 Å². The molecule has 0 aliphatic carbocycles. The van der Waals surface area contributed by atoms with Crippen LogP contribution in [0.15, 0.2) is 48.8 Å². The van der Waals surface area contributed by atoms with E-state index in [-0.39, 0.29) is 0 Å². The van der Waals surface area contributed by atoms with Crippen molar-refractivity contribution < 1.29 is 0 Å². The van der Waals surface area contributed by atoms with E-state index < -0.39 is 0 Å². The van der Waals surface area contributed by atoms with Crippen LogP contribution in [-0.4, -0.2) is 48.1 Å². The van der Waals surface area contributed by atoms with Crippen LogP contribution >= 0.6 is 0 Å². The number of aromatic amines is 1. The van der Waals surface area contributed by atoms with Crippen LogP contribution in [0.1, 0.15) is 24.6 Å². The number of piperidine rings is 1. The minimum absolute atomic E-state index is 0.346. The lowest BCUT2D eigenvalue weighted by Crippen LogP contribution is -2.35. The number of benzene rings is 1. The molecule has 4 heterocycles. The van der Waals surface area contributed by atoms with Gasteiger partial charge >= 0.3 is 0 Å². The van der Waals surface area contributed by atoms with Gasteiger partial charge < -0.3 is 4.90 Å². The summed E-state index contributed by atoms with van der Waals surface area (Å²) in [4.78, 5) is 6.62. The van der Waals surface area contributed by atoms with Crippen LogP contribution in [0.25, 0.3) is 17.0 Å². The number of fused-ring (bicyclic) bond motifs is 1. The number of rotatable bonds is 3. The maximum atomic E-state index is 4.82. The molecule has 0 bridgehead atoms. The van der Waals surface area contributed by atoms with Gasteiger partial charge in [-0.15, -0.1) is 15.3 Å². The normalized spacial score (nSPS) is 17.7. The van der Waals surface area contributed by atoms with Crippen LogP contribution in [0, 0.1) is 0 Å². The highest BCUT2D eigenvalue weighted by atomic mass is 15.4. The van der Waals surface area contributed by atoms with E-state index in [1.807, 2.05) is 47.0 Å². The van der Waals surface area contributed by atoms with E-state index in [1.54, 1.807) is 6.33 Å². The lowest BCUT2D eigenvalue weighted by molar-refractivity contribution is 0.488. The monoisotopic (exact) mass is 346 g/mol. The molecule has 3 aromatic heterocycles. The van der Waals surface area contributed by atoms with Crippen molar-refractivity contribution in [2.24, 2.45) is 0 Å². The maximum Gasteiger partial charge on any atom is 0.185 e. The van der Waals surface area contributed by atoms with Crippen LogP contribution in [0.2, 0.25) is 0 Å². The number of H-pyrrole nitrogens is 1. The molecule has 0 amide bonds. The molecule has 1 N–H and O–H groups in total. The summed E-state index contributed by atoms with van der Waals surface area (Å²) < 4.78 is 1.82. The molecule has 1 aliphatic rings. The first-order valence-corrected chi connectivity index (χ1v) is 8.76.